The fourth-order valence-corrected chi connectivity index (χ4v) is 2.83. The lowest BCUT2D eigenvalue weighted by Crippen LogP contribution is -2.14. The number of fused-ring (bicyclic) bond motifs is 1. The van der Waals surface area contributed by atoms with Gasteiger partial charge >= 0.3 is 0 Å². The summed E-state index contributed by atoms with van der Waals surface area (Å²) in [4.78, 5) is 16.1. The Morgan fingerprint density at radius 3 is 2.62 bits per heavy atom. The summed E-state index contributed by atoms with van der Waals surface area (Å²) in [5.74, 6) is -1.51. The maximum absolute atomic E-state index is 13.6. The van der Waals surface area contributed by atoms with E-state index in [2.05, 4.69) is 10.3 Å². The van der Waals surface area contributed by atoms with Crippen LogP contribution in [-0.4, -0.2) is 10.9 Å². The molecule has 0 unspecified atom stereocenters. The van der Waals surface area contributed by atoms with Crippen LogP contribution in [0.3, 0.4) is 0 Å². The van der Waals surface area contributed by atoms with Gasteiger partial charge in [-0.05, 0) is 48.1 Å². The standard InChI is InChI=1S/C20H13F2N3O/c21-17-6-14(9-23)16(8-18(17)22)13-4-3-12-7-19(24-10-15(12)5-13)25-20(26)11-1-2-11/h3-8,10-11H,1-2H2,(H,24,25,26). The molecule has 6 heteroatoms. The molecule has 3 aromatic rings. The zero-order chi connectivity index (χ0) is 18.3. The number of aromatic nitrogens is 1. The second-order valence-electron chi connectivity index (χ2n) is 6.32. The van der Waals surface area contributed by atoms with Crippen LogP contribution in [0.5, 0.6) is 0 Å². The Balaban J connectivity index is 1.71. The van der Waals surface area contributed by atoms with Crippen LogP contribution in [-0.2, 0) is 4.79 Å². The Morgan fingerprint density at radius 2 is 1.88 bits per heavy atom. The molecule has 1 N–H and O–H groups in total. The number of rotatable bonds is 3. The molecule has 0 spiro atoms. The third-order valence-electron chi connectivity index (χ3n) is 4.41. The topological polar surface area (TPSA) is 65.8 Å². The number of amides is 1. The normalized spacial score (nSPS) is 13.4. The molecule has 1 saturated carbocycles. The van der Waals surface area contributed by atoms with Crippen LogP contribution in [0.15, 0.2) is 42.6 Å². The number of hydrogen-bond donors (Lipinski definition) is 1. The second-order valence-corrected chi connectivity index (χ2v) is 6.32. The number of benzene rings is 2. The van der Waals surface area contributed by atoms with Gasteiger partial charge in [-0.1, -0.05) is 12.1 Å². The summed E-state index contributed by atoms with van der Waals surface area (Å²) in [7, 11) is 0. The molecule has 1 amide bonds. The number of nitrogens with one attached hydrogen (secondary N) is 1. The number of nitrogens with zero attached hydrogens (tertiary/aromatic N) is 2. The molecule has 4 rings (SSSR count). The SMILES string of the molecule is N#Cc1cc(F)c(F)cc1-c1ccc2cc(NC(=O)C3CC3)ncc2c1. The van der Waals surface area contributed by atoms with E-state index in [1.165, 1.54) is 0 Å². The average molecular weight is 349 g/mol. The van der Waals surface area contributed by atoms with Crippen molar-refractivity contribution in [1.29, 1.82) is 5.26 Å². The van der Waals surface area contributed by atoms with Crippen LogP contribution in [0, 0.1) is 28.9 Å². The van der Waals surface area contributed by atoms with E-state index >= 15 is 0 Å². The number of carbonyl (C=O) groups is 1. The fourth-order valence-electron chi connectivity index (χ4n) is 2.83. The first-order valence-electron chi connectivity index (χ1n) is 8.15. The maximum atomic E-state index is 13.6. The molecule has 26 heavy (non-hydrogen) atoms. The van der Waals surface area contributed by atoms with Gasteiger partial charge in [0.1, 0.15) is 5.82 Å². The number of hydrogen-bond acceptors (Lipinski definition) is 3. The highest BCUT2D eigenvalue weighted by molar-refractivity contribution is 5.96. The second kappa shape index (κ2) is 6.19. The smallest absolute Gasteiger partial charge is 0.228 e. The predicted octanol–water partition coefficient (Wildman–Crippen LogP) is 4.40. The van der Waals surface area contributed by atoms with Crippen molar-refractivity contribution < 1.29 is 13.6 Å². The van der Waals surface area contributed by atoms with Crippen molar-refractivity contribution in [2.75, 3.05) is 5.32 Å². The zero-order valence-corrected chi connectivity index (χ0v) is 13.6. The highest BCUT2D eigenvalue weighted by Crippen LogP contribution is 2.31. The number of pyridine rings is 1. The summed E-state index contributed by atoms with van der Waals surface area (Å²) in [6.07, 6.45) is 3.43. The molecule has 0 saturated heterocycles. The van der Waals surface area contributed by atoms with Crippen molar-refractivity contribution in [1.82, 2.24) is 4.98 Å². The van der Waals surface area contributed by atoms with Crippen molar-refractivity contribution >= 4 is 22.5 Å². The molecular weight excluding hydrogens is 336 g/mol. The lowest BCUT2D eigenvalue weighted by molar-refractivity contribution is -0.117. The van der Waals surface area contributed by atoms with Crippen molar-refractivity contribution in [3.63, 3.8) is 0 Å². The van der Waals surface area contributed by atoms with Gasteiger partial charge in [-0.2, -0.15) is 5.26 Å². The van der Waals surface area contributed by atoms with Crippen molar-refractivity contribution in [2.24, 2.45) is 5.92 Å². The minimum atomic E-state index is -1.05. The van der Waals surface area contributed by atoms with Crippen molar-refractivity contribution in [3.05, 3.63) is 59.8 Å². The molecule has 1 aliphatic carbocycles. The molecule has 0 aliphatic heterocycles. The van der Waals surface area contributed by atoms with E-state index < -0.39 is 11.6 Å². The molecule has 1 heterocycles. The minimum absolute atomic E-state index is 0.0195. The summed E-state index contributed by atoms with van der Waals surface area (Å²) in [6, 6.07) is 10.8. The monoisotopic (exact) mass is 349 g/mol. The van der Waals surface area contributed by atoms with Crippen LogP contribution < -0.4 is 5.32 Å². The molecule has 0 radical (unpaired) electrons. The Kier molecular flexibility index (Phi) is 3.85. The zero-order valence-electron chi connectivity index (χ0n) is 13.6. The number of nitriles is 1. The summed E-state index contributed by atoms with van der Waals surface area (Å²) >= 11 is 0. The van der Waals surface area contributed by atoms with Crippen LogP contribution >= 0.6 is 0 Å². The average Bonchev–Trinajstić information content (AvgIpc) is 3.48. The predicted molar refractivity (Wildman–Crippen MR) is 93.2 cm³/mol. The molecule has 1 aromatic heterocycles. The highest BCUT2D eigenvalue weighted by Gasteiger charge is 2.29. The first kappa shape index (κ1) is 16.2. The minimum Gasteiger partial charge on any atom is -0.310 e. The largest absolute Gasteiger partial charge is 0.310 e. The summed E-state index contributed by atoms with van der Waals surface area (Å²) in [5, 5.41) is 13.6. The van der Waals surface area contributed by atoms with E-state index in [1.54, 1.807) is 30.5 Å². The van der Waals surface area contributed by atoms with E-state index in [9.17, 15) is 18.8 Å². The van der Waals surface area contributed by atoms with Crippen molar-refractivity contribution in [3.8, 4) is 17.2 Å². The summed E-state index contributed by atoms with van der Waals surface area (Å²) in [6.45, 7) is 0. The number of anilines is 1. The van der Waals surface area contributed by atoms with Gasteiger partial charge in [-0.25, -0.2) is 13.8 Å². The Labute approximate surface area is 148 Å². The molecule has 1 aliphatic rings. The molecule has 0 bridgehead atoms. The Bertz CT molecular complexity index is 1080. The lowest BCUT2D eigenvalue weighted by Gasteiger charge is -2.09. The van der Waals surface area contributed by atoms with E-state index in [0.29, 0.717) is 16.9 Å². The van der Waals surface area contributed by atoms with Gasteiger partial charge in [-0.15, -0.1) is 0 Å². The fraction of sp³-hybridized carbons (Fsp3) is 0.150. The van der Waals surface area contributed by atoms with Crippen LogP contribution in [0.25, 0.3) is 21.9 Å². The van der Waals surface area contributed by atoms with Gasteiger partial charge in [0.2, 0.25) is 5.91 Å². The van der Waals surface area contributed by atoms with Gasteiger partial charge in [0, 0.05) is 23.1 Å². The molecule has 2 aromatic carbocycles. The van der Waals surface area contributed by atoms with Gasteiger partial charge in [0.05, 0.1) is 11.6 Å². The lowest BCUT2D eigenvalue weighted by atomic mass is 9.98. The quantitative estimate of drug-likeness (QED) is 0.762. The first-order valence-corrected chi connectivity index (χ1v) is 8.15. The van der Waals surface area contributed by atoms with E-state index in [0.717, 1.165) is 35.7 Å². The van der Waals surface area contributed by atoms with E-state index in [4.69, 9.17) is 0 Å². The Morgan fingerprint density at radius 1 is 1.12 bits per heavy atom. The molecule has 128 valence electrons. The number of halogens is 2. The van der Waals surface area contributed by atoms with Gasteiger partial charge in [0.15, 0.2) is 11.6 Å². The summed E-state index contributed by atoms with van der Waals surface area (Å²) in [5.41, 5.74) is 0.966. The van der Waals surface area contributed by atoms with Crippen molar-refractivity contribution in [2.45, 2.75) is 12.8 Å². The first-order chi connectivity index (χ1) is 12.5. The van der Waals surface area contributed by atoms with E-state index in [-0.39, 0.29) is 17.4 Å². The third-order valence-corrected chi connectivity index (χ3v) is 4.41. The molecule has 1 fully saturated rings. The van der Waals surface area contributed by atoms with Gasteiger partial charge in [0.25, 0.3) is 0 Å². The molecule has 4 nitrogen and oxygen atoms in total. The maximum Gasteiger partial charge on any atom is 0.228 e. The van der Waals surface area contributed by atoms with Crippen LogP contribution in [0.1, 0.15) is 18.4 Å². The molecular formula is C20H13F2N3O. The van der Waals surface area contributed by atoms with E-state index in [1.807, 2.05) is 6.07 Å². The summed E-state index contributed by atoms with van der Waals surface area (Å²) < 4.78 is 27.0. The Hall–Kier alpha value is -3.33. The highest BCUT2D eigenvalue weighted by atomic mass is 19.2. The number of carbonyl (C=O) groups excluding carboxylic acids is 1. The van der Waals surface area contributed by atoms with Gasteiger partial charge < -0.3 is 5.32 Å². The van der Waals surface area contributed by atoms with Crippen LogP contribution in [0.2, 0.25) is 0 Å². The van der Waals surface area contributed by atoms with Gasteiger partial charge in [-0.3, -0.25) is 4.79 Å². The third kappa shape index (κ3) is 3.00. The van der Waals surface area contributed by atoms with Crippen LogP contribution in [0.4, 0.5) is 14.6 Å². The molecule has 0 atom stereocenters.